The van der Waals surface area contributed by atoms with Crippen molar-refractivity contribution in [1.29, 1.82) is 5.26 Å². The lowest BCUT2D eigenvalue weighted by molar-refractivity contribution is -0.132. The molecule has 4 rings (SSSR count). The van der Waals surface area contributed by atoms with Crippen LogP contribution in [0.2, 0.25) is 0 Å². The molecule has 0 atom stereocenters. The quantitative estimate of drug-likeness (QED) is 0.441. The Balaban J connectivity index is 1.52. The molecule has 6 heteroatoms. The Morgan fingerprint density at radius 3 is 2.47 bits per heavy atom. The van der Waals surface area contributed by atoms with E-state index in [1.165, 1.54) is 0 Å². The van der Waals surface area contributed by atoms with Gasteiger partial charge < -0.3 is 9.64 Å². The van der Waals surface area contributed by atoms with E-state index in [9.17, 15) is 4.79 Å². The smallest absolute Gasteiger partial charge is 0.260 e. The van der Waals surface area contributed by atoms with E-state index in [1.807, 2.05) is 71.5 Å². The lowest BCUT2D eigenvalue weighted by atomic mass is 10.1. The molecule has 1 heterocycles. The molecule has 1 aromatic heterocycles. The number of carbonyl (C=O) groups excluding carboxylic acids is 1. The Bertz CT molecular complexity index is 1240. The van der Waals surface area contributed by atoms with Gasteiger partial charge in [0.05, 0.1) is 23.0 Å². The van der Waals surface area contributed by atoms with E-state index in [2.05, 4.69) is 6.07 Å². The van der Waals surface area contributed by atoms with E-state index in [1.54, 1.807) is 36.2 Å². The van der Waals surface area contributed by atoms with Gasteiger partial charge in [-0.25, -0.2) is 4.68 Å². The second-order valence-electron chi connectivity index (χ2n) is 7.33. The summed E-state index contributed by atoms with van der Waals surface area (Å²) < 4.78 is 7.43. The number of nitrogens with zero attached hydrogens (tertiary/aromatic N) is 4. The minimum absolute atomic E-state index is 0.112. The Labute approximate surface area is 186 Å². The third kappa shape index (κ3) is 4.85. The number of amides is 1. The van der Waals surface area contributed by atoms with Crippen molar-refractivity contribution in [3.8, 4) is 28.8 Å². The summed E-state index contributed by atoms with van der Waals surface area (Å²) in [5.41, 5.74) is 4.19. The normalized spacial score (nSPS) is 10.4. The van der Waals surface area contributed by atoms with Gasteiger partial charge in [-0.2, -0.15) is 10.4 Å². The van der Waals surface area contributed by atoms with Gasteiger partial charge in [0.15, 0.2) is 6.61 Å². The van der Waals surface area contributed by atoms with Crippen molar-refractivity contribution in [1.82, 2.24) is 14.7 Å². The Morgan fingerprint density at radius 2 is 1.75 bits per heavy atom. The highest BCUT2D eigenvalue weighted by Gasteiger charge is 2.17. The maximum absolute atomic E-state index is 12.7. The number of rotatable bonds is 7. The third-order valence-electron chi connectivity index (χ3n) is 5.02. The van der Waals surface area contributed by atoms with Crippen molar-refractivity contribution in [3.63, 3.8) is 0 Å². The first kappa shape index (κ1) is 20.9. The molecule has 0 aliphatic carbocycles. The van der Waals surface area contributed by atoms with Crippen LogP contribution in [0.5, 0.6) is 5.75 Å². The van der Waals surface area contributed by atoms with Crippen LogP contribution in [0.3, 0.4) is 0 Å². The zero-order valence-electron chi connectivity index (χ0n) is 17.7. The molecule has 0 spiro atoms. The summed E-state index contributed by atoms with van der Waals surface area (Å²) in [5, 5.41) is 13.8. The lowest BCUT2D eigenvalue weighted by Gasteiger charge is -2.17. The van der Waals surface area contributed by atoms with Gasteiger partial charge in [0.2, 0.25) is 0 Å². The summed E-state index contributed by atoms with van der Waals surface area (Å²) >= 11 is 0. The number of benzene rings is 3. The molecule has 0 saturated heterocycles. The van der Waals surface area contributed by atoms with E-state index in [0.717, 1.165) is 22.5 Å². The first-order chi connectivity index (χ1) is 15.6. The second-order valence-corrected chi connectivity index (χ2v) is 7.33. The van der Waals surface area contributed by atoms with Gasteiger partial charge in [-0.05, 0) is 30.3 Å². The fourth-order valence-electron chi connectivity index (χ4n) is 3.33. The van der Waals surface area contributed by atoms with Crippen LogP contribution >= 0.6 is 0 Å². The molecule has 0 radical (unpaired) electrons. The number of ether oxygens (including phenoxy) is 1. The summed E-state index contributed by atoms with van der Waals surface area (Å²) in [4.78, 5) is 14.3. The number of carbonyl (C=O) groups is 1. The fraction of sp³-hybridized carbons (Fsp3) is 0.115. The molecule has 6 nitrogen and oxygen atoms in total. The summed E-state index contributed by atoms with van der Waals surface area (Å²) in [6.45, 7) is 0.274. The topological polar surface area (TPSA) is 71.2 Å². The highest BCUT2D eigenvalue weighted by molar-refractivity contribution is 5.78. The Morgan fingerprint density at radius 1 is 1.03 bits per heavy atom. The van der Waals surface area contributed by atoms with Crippen LogP contribution in [-0.2, 0) is 11.3 Å². The van der Waals surface area contributed by atoms with Crippen LogP contribution in [0, 0.1) is 11.3 Å². The van der Waals surface area contributed by atoms with Gasteiger partial charge >= 0.3 is 0 Å². The molecular weight excluding hydrogens is 400 g/mol. The summed E-state index contributed by atoms with van der Waals surface area (Å²) in [7, 11) is 1.74. The highest BCUT2D eigenvalue weighted by atomic mass is 16.5. The van der Waals surface area contributed by atoms with Crippen molar-refractivity contribution < 1.29 is 9.53 Å². The molecule has 0 fully saturated rings. The van der Waals surface area contributed by atoms with Gasteiger partial charge in [0, 0.05) is 30.9 Å². The Hall–Kier alpha value is -4.37. The predicted molar refractivity (Wildman–Crippen MR) is 122 cm³/mol. The number of nitriles is 1. The minimum atomic E-state index is -0.168. The maximum Gasteiger partial charge on any atom is 0.260 e. The third-order valence-corrected chi connectivity index (χ3v) is 5.02. The van der Waals surface area contributed by atoms with Gasteiger partial charge in [-0.1, -0.05) is 54.6 Å². The first-order valence-electron chi connectivity index (χ1n) is 10.2. The molecule has 3 aromatic carbocycles. The summed E-state index contributed by atoms with van der Waals surface area (Å²) in [6.07, 6.45) is 1.96. The van der Waals surface area contributed by atoms with E-state index >= 15 is 0 Å². The molecule has 4 aromatic rings. The lowest BCUT2D eigenvalue weighted by Crippen LogP contribution is -2.31. The number of aromatic nitrogens is 2. The molecule has 0 aliphatic rings. The van der Waals surface area contributed by atoms with Crippen molar-refractivity contribution in [2.45, 2.75) is 6.54 Å². The van der Waals surface area contributed by atoms with Crippen LogP contribution < -0.4 is 4.74 Å². The average Bonchev–Trinajstić information content (AvgIpc) is 3.27. The largest absolute Gasteiger partial charge is 0.484 e. The zero-order chi connectivity index (χ0) is 22.3. The van der Waals surface area contributed by atoms with Crippen molar-refractivity contribution in [2.24, 2.45) is 0 Å². The van der Waals surface area contributed by atoms with Gasteiger partial charge in [-0.15, -0.1) is 0 Å². The number of para-hydroxylation sites is 1. The molecule has 158 valence electrons. The zero-order valence-corrected chi connectivity index (χ0v) is 17.7. The fourth-order valence-corrected chi connectivity index (χ4v) is 3.33. The SMILES string of the molecule is CN(Cc1cn(-c2ccccc2)nc1-c1ccccc1)C(=O)COc1cccc(C#N)c1. The van der Waals surface area contributed by atoms with Gasteiger partial charge in [-0.3, -0.25) is 4.79 Å². The van der Waals surface area contributed by atoms with Gasteiger partial charge in [0.1, 0.15) is 5.75 Å². The monoisotopic (exact) mass is 422 g/mol. The van der Waals surface area contributed by atoms with E-state index < -0.39 is 0 Å². The van der Waals surface area contributed by atoms with Crippen LogP contribution in [0.4, 0.5) is 0 Å². The summed E-state index contributed by atoms with van der Waals surface area (Å²) in [5.74, 6) is 0.325. The van der Waals surface area contributed by atoms with Crippen molar-refractivity contribution in [2.75, 3.05) is 13.7 Å². The molecule has 1 amide bonds. The van der Waals surface area contributed by atoms with Crippen LogP contribution in [-0.4, -0.2) is 34.2 Å². The van der Waals surface area contributed by atoms with Crippen LogP contribution in [0.25, 0.3) is 16.9 Å². The number of hydrogen-bond acceptors (Lipinski definition) is 4. The second kappa shape index (κ2) is 9.63. The average molecular weight is 422 g/mol. The predicted octanol–water partition coefficient (Wildman–Crippen LogP) is 4.45. The van der Waals surface area contributed by atoms with E-state index in [0.29, 0.717) is 17.9 Å². The van der Waals surface area contributed by atoms with Crippen LogP contribution in [0.15, 0.2) is 91.1 Å². The molecular formula is C26H22N4O2. The highest BCUT2D eigenvalue weighted by Crippen LogP contribution is 2.24. The molecule has 0 unspecified atom stereocenters. The standard InChI is InChI=1S/C26H22N4O2/c1-29(25(31)19-32-24-14-8-9-20(15-24)16-27)17-22-18-30(23-12-6-3-7-13-23)28-26(22)21-10-4-2-5-11-21/h2-15,18H,17,19H2,1H3. The number of likely N-dealkylation sites (N-methyl/N-ethyl adjacent to an activating group) is 1. The first-order valence-corrected chi connectivity index (χ1v) is 10.2. The Kier molecular flexibility index (Phi) is 6.28. The van der Waals surface area contributed by atoms with Gasteiger partial charge in [0.25, 0.3) is 5.91 Å². The van der Waals surface area contributed by atoms with Crippen molar-refractivity contribution >= 4 is 5.91 Å². The molecule has 0 saturated carbocycles. The molecule has 32 heavy (non-hydrogen) atoms. The van der Waals surface area contributed by atoms with Crippen molar-refractivity contribution in [3.05, 3.63) is 102 Å². The molecule has 0 N–H and O–H groups in total. The maximum atomic E-state index is 12.7. The van der Waals surface area contributed by atoms with E-state index in [4.69, 9.17) is 15.1 Å². The van der Waals surface area contributed by atoms with Crippen LogP contribution in [0.1, 0.15) is 11.1 Å². The molecule has 0 aliphatic heterocycles. The molecule has 0 bridgehead atoms. The summed E-state index contributed by atoms with van der Waals surface area (Å²) in [6, 6.07) is 28.6. The van der Waals surface area contributed by atoms with E-state index in [-0.39, 0.29) is 12.5 Å². The minimum Gasteiger partial charge on any atom is -0.484 e. The number of hydrogen-bond donors (Lipinski definition) is 0.